The van der Waals surface area contributed by atoms with E-state index in [1.54, 1.807) is 0 Å². The highest BCUT2D eigenvalue weighted by atomic mass is 16.5. The van der Waals surface area contributed by atoms with Crippen LogP contribution in [0.5, 0.6) is 5.88 Å². The van der Waals surface area contributed by atoms with E-state index in [1.165, 1.54) is 31.7 Å². The molecule has 0 spiro atoms. The largest absolute Gasteiger partial charge is 0.474 e. The molecule has 1 heterocycles. The molecule has 106 valence electrons. The van der Waals surface area contributed by atoms with Gasteiger partial charge < -0.3 is 9.72 Å². The maximum atomic E-state index is 11.5. The molecule has 1 aliphatic carbocycles. The number of aromatic nitrogens is 2. The SMILES string of the molecule is CCCCCCC(C)Oc1cc(=O)[nH]c(C2CC2)n1. The van der Waals surface area contributed by atoms with E-state index in [0.717, 1.165) is 25.1 Å². The van der Waals surface area contributed by atoms with E-state index in [-0.39, 0.29) is 11.7 Å². The van der Waals surface area contributed by atoms with Crippen molar-refractivity contribution in [2.24, 2.45) is 0 Å². The lowest BCUT2D eigenvalue weighted by molar-refractivity contribution is 0.197. The average molecular weight is 264 g/mol. The third-order valence-corrected chi connectivity index (χ3v) is 3.49. The third-order valence-electron chi connectivity index (χ3n) is 3.49. The van der Waals surface area contributed by atoms with E-state index >= 15 is 0 Å². The van der Waals surface area contributed by atoms with E-state index in [0.29, 0.717) is 11.8 Å². The Balaban J connectivity index is 1.85. The minimum Gasteiger partial charge on any atom is -0.474 e. The molecule has 0 aliphatic heterocycles. The van der Waals surface area contributed by atoms with Crippen molar-refractivity contribution >= 4 is 0 Å². The molecule has 1 aromatic heterocycles. The maximum Gasteiger partial charge on any atom is 0.254 e. The van der Waals surface area contributed by atoms with Crippen LogP contribution in [-0.4, -0.2) is 16.1 Å². The van der Waals surface area contributed by atoms with Crippen LogP contribution in [-0.2, 0) is 0 Å². The quantitative estimate of drug-likeness (QED) is 0.732. The molecule has 19 heavy (non-hydrogen) atoms. The fraction of sp³-hybridized carbons (Fsp3) is 0.733. The summed E-state index contributed by atoms with van der Waals surface area (Å²) in [6.45, 7) is 4.26. The van der Waals surface area contributed by atoms with Gasteiger partial charge in [0.25, 0.3) is 5.56 Å². The van der Waals surface area contributed by atoms with Crippen LogP contribution in [0, 0.1) is 0 Å². The average Bonchev–Trinajstić information content (AvgIpc) is 3.18. The summed E-state index contributed by atoms with van der Waals surface area (Å²) < 4.78 is 5.76. The predicted octanol–water partition coefficient (Wildman–Crippen LogP) is 3.39. The minimum atomic E-state index is -0.106. The number of hydrogen-bond acceptors (Lipinski definition) is 3. The van der Waals surface area contributed by atoms with Gasteiger partial charge in [0.2, 0.25) is 5.88 Å². The summed E-state index contributed by atoms with van der Waals surface area (Å²) in [5.74, 6) is 1.71. The summed E-state index contributed by atoms with van der Waals surface area (Å²) in [6, 6.07) is 1.45. The van der Waals surface area contributed by atoms with Crippen LogP contribution in [0.1, 0.15) is 70.5 Å². The monoisotopic (exact) mass is 264 g/mol. The number of H-pyrrole nitrogens is 1. The molecular formula is C15H24N2O2. The van der Waals surface area contributed by atoms with Crippen LogP contribution in [0.3, 0.4) is 0 Å². The summed E-state index contributed by atoms with van der Waals surface area (Å²) in [5.41, 5.74) is -0.106. The second-order valence-electron chi connectivity index (χ2n) is 5.52. The molecule has 4 nitrogen and oxygen atoms in total. The van der Waals surface area contributed by atoms with Crippen LogP contribution in [0.4, 0.5) is 0 Å². The van der Waals surface area contributed by atoms with Gasteiger partial charge in [-0.15, -0.1) is 0 Å². The molecule has 1 aromatic rings. The van der Waals surface area contributed by atoms with Gasteiger partial charge in [-0.2, -0.15) is 4.98 Å². The number of nitrogens with one attached hydrogen (secondary N) is 1. The first kappa shape index (κ1) is 14.1. The molecule has 1 N–H and O–H groups in total. The highest BCUT2D eigenvalue weighted by Crippen LogP contribution is 2.37. The predicted molar refractivity (Wildman–Crippen MR) is 75.7 cm³/mol. The number of nitrogens with zero attached hydrogens (tertiary/aromatic N) is 1. The van der Waals surface area contributed by atoms with Crippen molar-refractivity contribution in [2.45, 2.75) is 70.8 Å². The first-order valence-corrected chi connectivity index (χ1v) is 7.47. The molecule has 4 heteroatoms. The van der Waals surface area contributed by atoms with Crippen molar-refractivity contribution in [3.05, 3.63) is 22.2 Å². The Morgan fingerprint density at radius 3 is 2.89 bits per heavy atom. The molecule has 1 aliphatic rings. The summed E-state index contributed by atoms with van der Waals surface area (Å²) in [6.07, 6.45) is 8.34. The van der Waals surface area contributed by atoms with Crippen LogP contribution >= 0.6 is 0 Å². The Kier molecular flexibility index (Phi) is 5.00. The first-order valence-electron chi connectivity index (χ1n) is 7.47. The van der Waals surface area contributed by atoms with E-state index < -0.39 is 0 Å². The highest BCUT2D eigenvalue weighted by Gasteiger charge is 2.26. The molecule has 0 aromatic carbocycles. The highest BCUT2D eigenvalue weighted by molar-refractivity contribution is 5.14. The Bertz CT molecular complexity index is 452. The molecule has 1 fully saturated rings. The van der Waals surface area contributed by atoms with E-state index in [4.69, 9.17) is 4.74 Å². The number of rotatable bonds is 8. The van der Waals surface area contributed by atoms with E-state index in [9.17, 15) is 4.79 Å². The zero-order valence-corrected chi connectivity index (χ0v) is 11.9. The van der Waals surface area contributed by atoms with Crippen LogP contribution in [0.25, 0.3) is 0 Å². The second kappa shape index (κ2) is 6.73. The molecule has 0 saturated heterocycles. The van der Waals surface area contributed by atoms with Gasteiger partial charge in [-0.3, -0.25) is 4.79 Å². The standard InChI is InChI=1S/C15H24N2O2/c1-3-4-5-6-7-11(2)19-14-10-13(18)16-15(17-14)12-8-9-12/h10-12H,3-9H2,1-2H3,(H,16,17,18). The van der Waals surface area contributed by atoms with Crippen molar-refractivity contribution in [1.82, 2.24) is 9.97 Å². The van der Waals surface area contributed by atoms with Crippen molar-refractivity contribution in [3.63, 3.8) is 0 Å². The molecule has 1 unspecified atom stereocenters. The van der Waals surface area contributed by atoms with Crippen molar-refractivity contribution < 1.29 is 4.74 Å². The van der Waals surface area contributed by atoms with Crippen LogP contribution in [0.15, 0.2) is 10.9 Å². The lowest BCUT2D eigenvalue weighted by atomic mass is 10.1. The molecule has 1 saturated carbocycles. The smallest absolute Gasteiger partial charge is 0.254 e. The topological polar surface area (TPSA) is 55.0 Å². The maximum absolute atomic E-state index is 11.5. The normalized spacial score (nSPS) is 16.3. The minimum absolute atomic E-state index is 0.106. The lowest BCUT2D eigenvalue weighted by Crippen LogP contribution is -2.17. The zero-order chi connectivity index (χ0) is 13.7. The molecule has 0 amide bonds. The van der Waals surface area contributed by atoms with E-state index in [1.807, 2.05) is 6.92 Å². The first-order chi connectivity index (χ1) is 9.19. The molecular weight excluding hydrogens is 240 g/mol. The van der Waals surface area contributed by atoms with Crippen molar-refractivity contribution in [2.75, 3.05) is 0 Å². The molecule has 2 rings (SSSR count). The summed E-state index contributed by atoms with van der Waals surface area (Å²) in [5, 5.41) is 0. The molecule has 0 radical (unpaired) electrons. The van der Waals surface area contributed by atoms with Gasteiger partial charge in [-0.05, 0) is 32.6 Å². The fourth-order valence-corrected chi connectivity index (χ4v) is 2.19. The van der Waals surface area contributed by atoms with Gasteiger partial charge in [-0.1, -0.05) is 26.2 Å². The van der Waals surface area contributed by atoms with Gasteiger partial charge in [-0.25, -0.2) is 0 Å². The number of aromatic amines is 1. The number of hydrogen-bond donors (Lipinski definition) is 1. The number of ether oxygens (including phenoxy) is 1. The third kappa shape index (κ3) is 4.69. The summed E-state index contributed by atoms with van der Waals surface area (Å²) in [4.78, 5) is 18.7. The van der Waals surface area contributed by atoms with Gasteiger partial charge in [0, 0.05) is 5.92 Å². The van der Waals surface area contributed by atoms with E-state index in [2.05, 4.69) is 16.9 Å². The Hall–Kier alpha value is -1.32. The van der Waals surface area contributed by atoms with Crippen LogP contribution in [0.2, 0.25) is 0 Å². The van der Waals surface area contributed by atoms with Crippen molar-refractivity contribution in [3.8, 4) is 5.88 Å². The second-order valence-corrected chi connectivity index (χ2v) is 5.52. The van der Waals surface area contributed by atoms with Gasteiger partial charge in [0.1, 0.15) is 5.82 Å². The van der Waals surface area contributed by atoms with Gasteiger partial charge in [0.15, 0.2) is 0 Å². The van der Waals surface area contributed by atoms with Gasteiger partial charge >= 0.3 is 0 Å². The zero-order valence-electron chi connectivity index (χ0n) is 11.9. The Labute approximate surface area is 114 Å². The molecule has 0 bridgehead atoms. The summed E-state index contributed by atoms with van der Waals surface area (Å²) in [7, 11) is 0. The summed E-state index contributed by atoms with van der Waals surface area (Å²) >= 11 is 0. The van der Waals surface area contributed by atoms with Crippen LogP contribution < -0.4 is 10.3 Å². The Morgan fingerprint density at radius 2 is 2.21 bits per heavy atom. The lowest BCUT2D eigenvalue weighted by Gasteiger charge is -2.14. The number of unbranched alkanes of at least 4 members (excludes halogenated alkanes) is 3. The Morgan fingerprint density at radius 1 is 1.42 bits per heavy atom. The van der Waals surface area contributed by atoms with Gasteiger partial charge in [0.05, 0.1) is 12.2 Å². The fourth-order valence-electron chi connectivity index (χ4n) is 2.19. The molecule has 1 atom stereocenters. The van der Waals surface area contributed by atoms with Crippen molar-refractivity contribution in [1.29, 1.82) is 0 Å².